The largest absolute Gasteiger partial charge is 0.506 e. The van der Waals surface area contributed by atoms with Gasteiger partial charge in [0, 0.05) is 5.33 Å². The molecular formula is C36H35BBr4Cl3N3O3. The summed E-state index contributed by atoms with van der Waals surface area (Å²) in [5.41, 5.74) is 3.95. The minimum Gasteiger partial charge on any atom is -0.506 e. The minimum atomic E-state index is 0.0272. The second-order valence-corrected chi connectivity index (χ2v) is 17.8. The lowest BCUT2D eigenvalue weighted by atomic mass is 10.1. The lowest BCUT2D eigenvalue weighted by Crippen LogP contribution is -1.97. The molecule has 0 saturated heterocycles. The summed E-state index contributed by atoms with van der Waals surface area (Å²) in [4.78, 5) is 0. The number of methoxy groups -OCH3 is 1. The van der Waals surface area contributed by atoms with Gasteiger partial charge < -0.3 is 14.6 Å². The number of ether oxygens (including phenoxy) is 2. The maximum absolute atomic E-state index is 9.09. The van der Waals surface area contributed by atoms with Crippen molar-refractivity contribution >= 4 is 101 Å². The first-order valence-corrected chi connectivity index (χ1v) is 19.8. The number of phenols is 1. The van der Waals surface area contributed by atoms with Crippen LogP contribution in [0, 0.1) is 34.0 Å². The normalized spacial score (nSPS) is 9.08. The number of alkyl halides is 1. The van der Waals surface area contributed by atoms with Crippen molar-refractivity contribution in [3.05, 3.63) is 122 Å². The number of halogens is 7. The Morgan fingerprint density at radius 1 is 0.680 bits per heavy atom. The van der Waals surface area contributed by atoms with Gasteiger partial charge in [0.1, 0.15) is 17.2 Å². The standard InChI is InChI=1S/C12H14ClNO.C9H8ClNO.C8H6ClNO.C7H7Br.BBr3/c1-2-3-8-15-12-9-10(6-7-14)4-5-11(12)13;1-12-9-6-7(4-5-11)2-3-8(9)10;9-7-2-1-6(3-4-10)5-8(7)11;8-6-7-4-2-1-3-5-7;2-1(3)4/h4-5,9H,2-3,6,8H2,1H3;2-3,6H,4H2,1H3;1-2,5,11H,3H2;1-5H,6H2;. The average Bonchev–Trinajstić information content (AvgIpc) is 3.10. The molecule has 0 fully saturated rings. The second-order valence-electron chi connectivity index (χ2n) is 9.59. The fourth-order valence-corrected chi connectivity index (χ4v) is 4.28. The summed E-state index contributed by atoms with van der Waals surface area (Å²) in [6.07, 6.45) is 3.17. The van der Waals surface area contributed by atoms with Crippen molar-refractivity contribution in [2.75, 3.05) is 13.7 Å². The first-order chi connectivity index (χ1) is 23.9. The molecule has 4 aromatic rings. The molecule has 0 spiro atoms. The van der Waals surface area contributed by atoms with E-state index in [1.165, 1.54) is 11.6 Å². The summed E-state index contributed by atoms with van der Waals surface area (Å²) in [6.45, 7) is 2.78. The summed E-state index contributed by atoms with van der Waals surface area (Å²) in [5.74, 6) is 1.32. The number of rotatable bonds is 9. The summed E-state index contributed by atoms with van der Waals surface area (Å²) >= 11 is 30.0. The molecule has 4 rings (SSSR count). The third kappa shape index (κ3) is 23.2. The fraction of sp³-hybridized carbons (Fsp3) is 0.250. The van der Waals surface area contributed by atoms with E-state index < -0.39 is 0 Å². The van der Waals surface area contributed by atoms with Crippen LogP contribution in [0.15, 0.2) is 84.9 Å². The van der Waals surface area contributed by atoms with E-state index in [1.54, 1.807) is 37.4 Å². The zero-order valence-electron chi connectivity index (χ0n) is 27.4. The van der Waals surface area contributed by atoms with Crippen LogP contribution < -0.4 is 9.47 Å². The van der Waals surface area contributed by atoms with Crippen molar-refractivity contribution in [1.29, 1.82) is 15.8 Å². The molecule has 14 heteroatoms. The van der Waals surface area contributed by atoms with Gasteiger partial charge in [-0.15, -0.1) is 47.3 Å². The van der Waals surface area contributed by atoms with Crippen LogP contribution in [0.2, 0.25) is 15.1 Å². The van der Waals surface area contributed by atoms with Gasteiger partial charge in [0.25, 0.3) is 0 Å². The number of benzene rings is 4. The predicted molar refractivity (Wildman–Crippen MR) is 223 cm³/mol. The van der Waals surface area contributed by atoms with Gasteiger partial charge in [0.05, 0.1) is 66.3 Å². The number of nitriles is 3. The molecule has 0 aliphatic rings. The van der Waals surface area contributed by atoms with Gasteiger partial charge in [0.2, 0.25) is 0 Å². The Balaban J connectivity index is 0.000000628. The van der Waals surface area contributed by atoms with Crippen molar-refractivity contribution < 1.29 is 14.6 Å². The van der Waals surface area contributed by atoms with Gasteiger partial charge >= 0.3 is 3.18 Å². The van der Waals surface area contributed by atoms with E-state index in [-0.39, 0.29) is 8.93 Å². The molecule has 6 nitrogen and oxygen atoms in total. The molecule has 0 aliphatic heterocycles. The van der Waals surface area contributed by atoms with Gasteiger partial charge in [-0.25, -0.2) is 0 Å². The molecule has 0 unspecified atom stereocenters. The topological polar surface area (TPSA) is 110 Å². The molecule has 0 atom stereocenters. The Morgan fingerprint density at radius 3 is 1.52 bits per heavy atom. The lowest BCUT2D eigenvalue weighted by molar-refractivity contribution is 0.309. The van der Waals surface area contributed by atoms with Crippen LogP contribution >= 0.6 is 98.0 Å². The molecule has 0 saturated carbocycles. The summed E-state index contributed by atoms with van der Waals surface area (Å²) in [5, 5.41) is 36.8. The number of hydrogen-bond donors (Lipinski definition) is 1. The third-order valence-corrected chi connectivity index (χ3v) is 7.42. The summed E-state index contributed by atoms with van der Waals surface area (Å²) in [7, 11) is 1.55. The molecule has 264 valence electrons. The van der Waals surface area contributed by atoms with Crippen LogP contribution in [0.25, 0.3) is 0 Å². The zero-order valence-corrected chi connectivity index (χ0v) is 36.0. The molecule has 0 amide bonds. The molecule has 0 bridgehead atoms. The smallest absolute Gasteiger partial charge is 0.369 e. The molecule has 0 aliphatic carbocycles. The monoisotopic (exact) mass is 989 g/mol. The highest BCUT2D eigenvalue weighted by atomic mass is 79.9. The number of phenolic OH excluding ortho intramolecular Hbond substituents is 1. The lowest BCUT2D eigenvalue weighted by Gasteiger charge is -2.08. The first kappa shape index (κ1) is 47.6. The van der Waals surface area contributed by atoms with E-state index in [9.17, 15) is 0 Å². The highest BCUT2D eigenvalue weighted by molar-refractivity contribution is 9.69. The Bertz CT molecular complexity index is 1670. The Labute approximate surface area is 344 Å². The van der Waals surface area contributed by atoms with Crippen LogP contribution in [0.3, 0.4) is 0 Å². The fourth-order valence-electron chi connectivity index (χ4n) is 3.42. The Morgan fingerprint density at radius 2 is 1.12 bits per heavy atom. The molecule has 1 N–H and O–H groups in total. The number of aromatic hydroxyl groups is 1. The molecule has 0 aromatic heterocycles. The molecule has 50 heavy (non-hydrogen) atoms. The highest BCUT2D eigenvalue weighted by Gasteiger charge is 2.03. The van der Waals surface area contributed by atoms with Crippen LogP contribution in [-0.2, 0) is 24.6 Å². The molecule has 4 aromatic carbocycles. The Hall–Kier alpha value is -2.40. The SMILES string of the molecule is BrB(Br)Br.BrCc1ccccc1.CCCCOc1cc(CC#N)ccc1Cl.COc1cc(CC#N)ccc1Cl.N#CCc1ccc(Cl)c(O)c1. The van der Waals surface area contributed by atoms with Crippen molar-refractivity contribution in [3.8, 4) is 35.5 Å². The van der Waals surface area contributed by atoms with Gasteiger partial charge in [-0.3, -0.25) is 0 Å². The van der Waals surface area contributed by atoms with E-state index >= 15 is 0 Å². The maximum atomic E-state index is 9.09. The van der Waals surface area contributed by atoms with Gasteiger partial charge in [0.15, 0.2) is 0 Å². The maximum Gasteiger partial charge on any atom is 0.369 e. The molecule has 0 radical (unpaired) electrons. The first-order valence-electron chi connectivity index (χ1n) is 14.8. The number of hydrogen-bond acceptors (Lipinski definition) is 6. The van der Waals surface area contributed by atoms with Gasteiger partial charge in [-0.1, -0.05) is 113 Å². The van der Waals surface area contributed by atoms with Crippen molar-refractivity contribution in [1.82, 2.24) is 0 Å². The average molecular weight is 994 g/mol. The van der Waals surface area contributed by atoms with E-state index in [4.69, 9.17) is 65.2 Å². The van der Waals surface area contributed by atoms with Crippen LogP contribution in [-0.4, -0.2) is 22.0 Å². The van der Waals surface area contributed by atoms with E-state index in [0.29, 0.717) is 52.4 Å². The summed E-state index contributed by atoms with van der Waals surface area (Å²) < 4.78 is 10.8. The van der Waals surface area contributed by atoms with Gasteiger partial charge in [-0.05, 0) is 65.1 Å². The van der Waals surface area contributed by atoms with E-state index in [1.807, 2.05) is 42.5 Å². The Kier molecular flexibility index (Phi) is 28.8. The minimum absolute atomic E-state index is 0.0272. The van der Waals surface area contributed by atoms with Crippen molar-refractivity contribution in [2.24, 2.45) is 0 Å². The summed E-state index contributed by atoms with van der Waals surface area (Å²) in [6, 6.07) is 32.0. The molecular weight excluding hydrogens is 959 g/mol. The number of nitrogens with zero attached hydrogens (tertiary/aromatic N) is 3. The van der Waals surface area contributed by atoms with Crippen molar-refractivity contribution in [2.45, 2.75) is 44.4 Å². The number of unbranched alkanes of at least 4 members (excludes halogenated alkanes) is 1. The quantitative estimate of drug-likeness (QED) is 0.102. The second kappa shape index (κ2) is 30.3. The van der Waals surface area contributed by atoms with Crippen LogP contribution in [0.5, 0.6) is 17.2 Å². The third-order valence-electron chi connectivity index (χ3n) is 5.82. The zero-order chi connectivity index (χ0) is 37.7. The van der Waals surface area contributed by atoms with Crippen LogP contribution in [0.4, 0.5) is 0 Å². The van der Waals surface area contributed by atoms with Crippen molar-refractivity contribution in [3.63, 3.8) is 0 Å². The van der Waals surface area contributed by atoms with E-state index in [2.05, 4.69) is 94.4 Å². The molecule has 0 heterocycles. The van der Waals surface area contributed by atoms with Crippen LogP contribution in [0.1, 0.15) is 42.0 Å². The highest BCUT2D eigenvalue weighted by Crippen LogP contribution is 2.27. The van der Waals surface area contributed by atoms with E-state index in [0.717, 1.165) is 34.9 Å². The van der Waals surface area contributed by atoms with Gasteiger partial charge in [-0.2, -0.15) is 15.8 Å². The predicted octanol–water partition coefficient (Wildman–Crippen LogP) is 12.8.